The van der Waals surface area contributed by atoms with Crippen molar-refractivity contribution < 1.29 is 26.0 Å². The molecule has 0 saturated carbocycles. The van der Waals surface area contributed by atoms with Gasteiger partial charge in [-0.2, -0.15) is 13.2 Å². The summed E-state index contributed by atoms with van der Waals surface area (Å²) in [4.78, 5) is 5.15. The van der Waals surface area contributed by atoms with Crippen LogP contribution in [0.25, 0.3) is 0 Å². The van der Waals surface area contributed by atoms with Crippen LogP contribution in [-0.2, 0) is 16.2 Å². The Bertz CT molecular complexity index is 743. The maximum atomic E-state index is 12.7. The fourth-order valence-corrected chi connectivity index (χ4v) is 2.28. The van der Waals surface area contributed by atoms with E-state index in [-0.39, 0.29) is 10.7 Å². The summed E-state index contributed by atoms with van der Waals surface area (Å²) in [5.41, 5.74) is 1.21. The van der Waals surface area contributed by atoms with Crippen molar-refractivity contribution >= 4 is 15.8 Å². The molecule has 0 aliphatic heterocycles. The molecule has 2 aromatic rings. The van der Waals surface area contributed by atoms with Crippen molar-refractivity contribution in [2.45, 2.75) is 11.1 Å². The van der Waals surface area contributed by atoms with Crippen LogP contribution in [0.15, 0.2) is 47.5 Å². The van der Waals surface area contributed by atoms with Gasteiger partial charge in [-0.05, 0) is 36.4 Å². The summed E-state index contributed by atoms with van der Waals surface area (Å²) < 4.78 is 73.4. The van der Waals surface area contributed by atoms with E-state index in [1.807, 2.05) is 4.83 Å². The minimum absolute atomic E-state index is 0.126. The van der Waals surface area contributed by atoms with Gasteiger partial charge in [-0.15, -0.1) is 4.83 Å². The Hall–Kier alpha value is -2.20. The molecule has 1 heterocycles. The van der Waals surface area contributed by atoms with Crippen LogP contribution in [0.3, 0.4) is 0 Å². The number of halogens is 4. The smallest absolute Gasteiger partial charge is 0.292 e. The molecule has 0 spiro atoms. The number of nitrogens with one attached hydrogen (secondary N) is 2. The number of rotatable bonds is 4. The highest BCUT2D eigenvalue weighted by atomic mass is 32.2. The molecule has 22 heavy (non-hydrogen) atoms. The van der Waals surface area contributed by atoms with Crippen molar-refractivity contribution in [3.8, 4) is 0 Å². The van der Waals surface area contributed by atoms with Gasteiger partial charge in [0.2, 0.25) is 0 Å². The third-order valence-corrected chi connectivity index (χ3v) is 3.79. The number of nitrogens with zero attached hydrogens (tertiary/aromatic N) is 1. The highest BCUT2D eigenvalue weighted by Crippen LogP contribution is 2.28. The first-order valence-corrected chi connectivity index (χ1v) is 7.23. The quantitative estimate of drug-likeness (QED) is 0.665. The zero-order valence-corrected chi connectivity index (χ0v) is 11.5. The number of hydrogen-bond donors (Lipinski definition) is 2. The van der Waals surface area contributed by atoms with E-state index in [1.54, 1.807) is 0 Å². The molecule has 0 unspecified atom stereocenters. The number of anilines is 1. The van der Waals surface area contributed by atoms with Gasteiger partial charge in [0.25, 0.3) is 10.0 Å². The zero-order chi connectivity index (χ0) is 16.4. The van der Waals surface area contributed by atoms with Crippen LogP contribution in [-0.4, -0.2) is 13.4 Å². The van der Waals surface area contributed by atoms with Gasteiger partial charge in [-0.25, -0.2) is 17.8 Å². The summed E-state index contributed by atoms with van der Waals surface area (Å²) in [6.45, 7) is 0. The summed E-state index contributed by atoms with van der Waals surface area (Å²) in [7, 11) is -4.00. The fraction of sp³-hybridized carbons (Fsp3) is 0.0833. The van der Waals surface area contributed by atoms with Crippen LogP contribution in [0, 0.1) is 5.82 Å². The van der Waals surface area contributed by atoms with Gasteiger partial charge in [0.05, 0.1) is 10.5 Å². The Morgan fingerprint density at radius 3 is 2.14 bits per heavy atom. The molecule has 0 fully saturated rings. The Labute approximate surface area is 123 Å². The molecular weight excluding hydrogens is 326 g/mol. The molecule has 0 amide bonds. The van der Waals surface area contributed by atoms with Crippen molar-refractivity contribution in [2.24, 2.45) is 0 Å². The van der Waals surface area contributed by atoms with Crippen molar-refractivity contribution in [3.63, 3.8) is 0 Å². The molecule has 0 aliphatic rings. The number of pyridine rings is 1. The summed E-state index contributed by atoms with van der Waals surface area (Å²) in [5.74, 6) is -0.727. The predicted octanol–water partition coefficient (Wildman–Crippen LogP) is 2.54. The number of sulfonamides is 1. The third kappa shape index (κ3) is 3.92. The van der Waals surface area contributed by atoms with Crippen molar-refractivity contribution in [3.05, 3.63) is 54.0 Å². The molecule has 2 rings (SSSR count). The maximum Gasteiger partial charge on any atom is 0.417 e. The molecular formula is C12H9F4N3O2S. The van der Waals surface area contributed by atoms with E-state index < -0.39 is 27.6 Å². The first-order valence-electron chi connectivity index (χ1n) is 5.75. The lowest BCUT2D eigenvalue weighted by molar-refractivity contribution is -0.137. The van der Waals surface area contributed by atoms with E-state index in [4.69, 9.17) is 0 Å². The summed E-state index contributed by atoms with van der Waals surface area (Å²) >= 11 is 0. The molecule has 1 aromatic carbocycles. The van der Waals surface area contributed by atoms with Crippen LogP contribution in [0.2, 0.25) is 0 Å². The SMILES string of the molecule is O=S(=O)(NNc1ccc(C(F)(F)F)cn1)c1ccc(F)cc1. The van der Waals surface area contributed by atoms with Gasteiger partial charge in [-0.3, -0.25) is 5.43 Å². The highest BCUT2D eigenvalue weighted by Gasteiger charge is 2.30. The van der Waals surface area contributed by atoms with Crippen LogP contribution in [0.5, 0.6) is 0 Å². The second-order valence-corrected chi connectivity index (χ2v) is 5.80. The fourth-order valence-electron chi connectivity index (χ4n) is 1.43. The summed E-state index contributed by atoms with van der Waals surface area (Å²) in [6, 6.07) is 5.73. The summed E-state index contributed by atoms with van der Waals surface area (Å²) in [6.07, 6.45) is -3.96. The second kappa shape index (κ2) is 5.89. The van der Waals surface area contributed by atoms with Crippen molar-refractivity contribution in [2.75, 3.05) is 5.43 Å². The standard InChI is InChI=1S/C12H9F4N3O2S/c13-9-2-4-10(5-3-9)22(20,21)19-18-11-6-1-8(7-17-11)12(14,15)16/h1-7,19H,(H,17,18). The minimum atomic E-state index is -4.53. The third-order valence-electron chi connectivity index (χ3n) is 2.53. The Balaban J connectivity index is 2.07. The monoisotopic (exact) mass is 335 g/mol. The van der Waals surface area contributed by atoms with Gasteiger partial charge in [0.1, 0.15) is 11.6 Å². The topological polar surface area (TPSA) is 71.1 Å². The first-order chi connectivity index (χ1) is 10.2. The van der Waals surface area contributed by atoms with Gasteiger partial charge < -0.3 is 0 Å². The molecule has 0 bridgehead atoms. The lowest BCUT2D eigenvalue weighted by Crippen LogP contribution is -2.30. The van der Waals surface area contributed by atoms with E-state index in [1.165, 1.54) is 0 Å². The van der Waals surface area contributed by atoms with Crippen LogP contribution >= 0.6 is 0 Å². The molecule has 5 nitrogen and oxygen atoms in total. The van der Waals surface area contributed by atoms with Gasteiger partial charge in [0.15, 0.2) is 0 Å². The van der Waals surface area contributed by atoms with Crippen LogP contribution in [0.4, 0.5) is 23.4 Å². The molecule has 0 saturated heterocycles. The van der Waals surface area contributed by atoms with Crippen LogP contribution < -0.4 is 10.3 Å². The molecule has 0 aliphatic carbocycles. The lowest BCUT2D eigenvalue weighted by atomic mass is 10.3. The van der Waals surface area contributed by atoms with Gasteiger partial charge >= 0.3 is 6.18 Å². The normalized spacial score (nSPS) is 12.2. The maximum absolute atomic E-state index is 12.7. The lowest BCUT2D eigenvalue weighted by Gasteiger charge is -2.10. The summed E-state index contributed by atoms with van der Waals surface area (Å²) in [5, 5.41) is 0. The first kappa shape index (κ1) is 16.2. The minimum Gasteiger partial charge on any atom is -0.292 e. The largest absolute Gasteiger partial charge is 0.417 e. The van der Waals surface area contributed by atoms with E-state index in [0.717, 1.165) is 36.4 Å². The molecule has 0 radical (unpaired) electrons. The molecule has 1 aromatic heterocycles. The number of aromatic nitrogens is 1. The van der Waals surface area contributed by atoms with E-state index in [9.17, 15) is 26.0 Å². The zero-order valence-electron chi connectivity index (χ0n) is 10.7. The number of benzene rings is 1. The number of hydrogen-bond acceptors (Lipinski definition) is 4. The molecule has 2 N–H and O–H groups in total. The Morgan fingerprint density at radius 1 is 1.00 bits per heavy atom. The highest BCUT2D eigenvalue weighted by molar-refractivity contribution is 7.89. The van der Waals surface area contributed by atoms with E-state index in [0.29, 0.717) is 6.20 Å². The van der Waals surface area contributed by atoms with Crippen molar-refractivity contribution in [1.82, 2.24) is 9.82 Å². The molecule has 0 atom stereocenters. The molecule has 10 heteroatoms. The Kier molecular flexibility index (Phi) is 4.33. The number of alkyl halides is 3. The predicted molar refractivity (Wildman–Crippen MR) is 69.6 cm³/mol. The second-order valence-electron chi connectivity index (χ2n) is 4.11. The van der Waals surface area contributed by atoms with Crippen molar-refractivity contribution in [1.29, 1.82) is 0 Å². The number of hydrazine groups is 1. The van der Waals surface area contributed by atoms with E-state index in [2.05, 4.69) is 10.4 Å². The van der Waals surface area contributed by atoms with Gasteiger partial charge in [-0.1, -0.05) is 0 Å². The molecule has 118 valence electrons. The van der Waals surface area contributed by atoms with E-state index >= 15 is 0 Å². The average Bonchev–Trinajstić information content (AvgIpc) is 2.45. The van der Waals surface area contributed by atoms with Crippen LogP contribution in [0.1, 0.15) is 5.56 Å². The Morgan fingerprint density at radius 2 is 1.64 bits per heavy atom. The van der Waals surface area contributed by atoms with Gasteiger partial charge in [0, 0.05) is 6.20 Å². The average molecular weight is 335 g/mol.